The fraction of sp³-hybridized carbons (Fsp3) is 0.750. The summed E-state index contributed by atoms with van der Waals surface area (Å²) in [5.41, 5.74) is 3.41. The number of nitrogens with one attached hydrogen (secondary N) is 1. The SMILES string of the molecule is CCCOCc1nc(C)c(C(C)CNC(C)C)c(C)n1. The van der Waals surface area contributed by atoms with Gasteiger partial charge in [-0.15, -0.1) is 0 Å². The summed E-state index contributed by atoms with van der Waals surface area (Å²) in [5.74, 6) is 1.21. The van der Waals surface area contributed by atoms with Crippen LogP contribution in [-0.4, -0.2) is 29.2 Å². The van der Waals surface area contributed by atoms with Gasteiger partial charge in [0, 0.05) is 30.6 Å². The molecule has 1 atom stereocenters. The van der Waals surface area contributed by atoms with E-state index in [0.29, 0.717) is 18.6 Å². The summed E-state index contributed by atoms with van der Waals surface area (Å²) in [6, 6.07) is 0.501. The van der Waals surface area contributed by atoms with Crippen molar-refractivity contribution in [3.05, 3.63) is 22.8 Å². The lowest BCUT2D eigenvalue weighted by Crippen LogP contribution is -2.28. The van der Waals surface area contributed by atoms with E-state index in [2.05, 4.69) is 56.8 Å². The van der Waals surface area contributed by atoms with E-state index in [1.807, 2.05) is 0 Å². The number of rotatable bonds is 8. The zero-order valence-corrected chi connectivity index (χ0v) is 13.8. The van der Waals surface area contributed by atoms with Crippen LogP contribution in [0, 0.1) is 13.8 Å². The molecule has 0 aliphatic carbocycles. The van der Waals surface area contributed by atoms with Crippen LogP contribution in [0.4, 0.5) is 0 Å². The van der Waals surface area contributed by atoms with Crippen LogP contribution in [0.5, 0.6) is 0 Å². The van der Waals surface area contributed by atoms with Crippen LogP contribution >= 0.6 is 0 Å². The Morgan fingerprint density at radius 2 is 1.70 bits per heavy atom. The van der Waals surface area contributed by atoms with Gasteiger partial charge in [-0.3, -0.25) is 0 Å². The Morgan fingerprint density at radius 3 is 2.20 bits per heavy atom. The molecule has 4 nitrogen and oxygen atoms in total. The summed E-state index contributed by atoms with van der Waals surface area (Å²) in [6.07, 6.45) is 1.02. The normalized spacial score (nSPS) is 12.9. The van der Waals surface area contributed by atoms with Crippen LogP contribution in [0.3, 0.4) is 0 Å². The molecule has 0 spiro atoms. The molecule has 1 rings (SSSR count). The lowest BCUT2D eigenvalue weighted by atomic mass is 9.97. The summed E-state index contributed by atoms with van der Waals surface area (Å²) in [5, 5.41) is 3.47. The molecule has 0 saturated carbocycles. The van der Waals surface area contributed by atoms with Gasteiger partial charge in [0.15, 0.2) is 5.82 Å². The van der Waals surface area contributed by atoms with E-state index in [1.165, 1.54) is 5.56 Å². The number of nitrogens with zero attached hydrogens (tertiary/aromatic N) is 2. The van der Waals surface area contributed by atoms with Gasteiger partial charge in [-0.1, -0.05) is 27.7 Å². The molecule has 0 aromatic carbocycles. The molecule has 20 heavy (non-hydrogen) atoms. The molecule has 0 aliphatic heterocycles. The van der Waals surface area contributed by atoms with Gasteiger partial charge in [-0.25, -0.2) is 9.97 Å². The molecule has 0 bridgehead atoms. The van der Waals surface area contributed by atoms with Crippen molar-refractivity contribution in [2.75, 3.05) is 13.2 Å². The largest absolute Gasteiger partial charge is 0.373 e. The molecule has 1 heterocycles. The molecule has 1 N–H and O–H groups in total. The third-order valence-electron chi connectivity index (χ3n) is 3.28. The summed E-state index contributed by atoms with van der Waals surface area (Å²) >= 11 is 0. The first kappa shape index (κ1) is 17.1. The minimum atomic E-state index is 0.419. The average molecular weight is 279 g/mol. The van der Waals surface area contributed by atoms with E-state index in [1.54, 1.807) is 0 Å². The lowest BCUT2D eigenvalue weighted by Gasteiger charge is -2.19. The molecule has 0 fully saturated rings. The first-order chi connectivity index (χ1) is 9.45. The maximum atomic E-state index is 5.52. The Balaban J connectivity index is 2.77. The standard InChI is InChI=1S/C16H29N3O/c1-7-8-20-10-15-18-13(5)16(14(6)19-15)12(4)9-17-11(2)3/h11-12,17H,7-10H2,1-6H3. The minimum absolute atomic E-state index is 0.419. The predicted molar refractivity (Wildman–Crippen MR) is 83.0 cm³/mol. The van der Waals surface area contributed by atoms with Crippen molar-refractivity contribution in [2.24, 2.45) is 0 Å². The number of hydrogen-bond acceptors (Lipinski definition) is 4. The third-order valence-corrected chi connectivity index (χ3v) is 3.28. The Hall–Kier alpha value is -1.00. The summed E-state index contributed by atoms with van der Waals surface area (Å²) in [4.78, 5) is 9.18. The van der Waals surface area contributed by atoms with Crippen LogP contribution in [0.2, 0.25) is 0 Å². The van der Waals surface area contributed by atoms with E-state index >= 15 is 0 Å². The molecule has 114 valence electrons. The molecule has 0 aliphatic rings. The van der Waals surface area contributed by atoms with Crippen LogP contribution in [0.15, 0.2) is 0 Å². The average Bonchev–Trinajstić information content (AvgIpc) is 2.36. The van der Waals surface area contributed by atoms with Gasteiger partial charge in [0.1, 0.15) is 6.61 Å². The molecular formula is C16H29N3O. The van der Waals surface area contributed by atoms with Crippen LogP contribution in [0.1, 0.15) is 62.8 Å². The molecule has 4 heteroatoms. The quantitative estimate of drug-likeness (QED) is 0.743. The fourth-order valence-corrected chi connectivity index (χ4v) is 2.39. The van der Waals surface area contributed by atoms with Gasteiger partial charge >= 0.3 is 0 Å². The minimum Gasteiger partial charge on any atom is -0.373 e. The van der Waals surface area contributed by atoms with Gasteiger partial charge in [-0.05, 0) is 31.7 Å². The van der Waals surface area contributed by atoms with E-state index in [4.69, 9.17) is 4.74 Å². The highest BCUT2D eigenvalue weighted by Gasteiger charge is 2.15. The monoisotopic (exact) mass is 279 g/mol. The van der Waals surface area contributed by atoms with Crippen molar-refractivity contribution in [2.45, 2.75) is 66.5 Å². The van der Waals surface area contributed by atoms with Crippen LogP contribution < -0.4 is 5.32 Å². The zero-order chi connectivity index (χ0) is 15.1. The first-order valence-electron chi connectivity index (χ1n) is 7.60. The fourth-order valence-electron chi connectivity index (χ4n) is 2.39. The molecule has 0 radical (unpaired) electrons. The highest BCUT2D eigenvalue weighted by atomic mass is 16.5. The first-order valence-corrected chi connectivity index (χ1v) is 7.60. The molecule has 1 aromatic rings. The van der Waals surface area contributed by atoms with E-state index in [-0.39, 0.29) is 0 Å². The Labute approximate surface area is 123 Å². The Bertz CT molecular complexity index is 395. The summed E-state index contributed by atoms with van der Waals surface area (Å²) in [6.45, 7) is 15.0. The number of aromatic nitrogens is 2. The van der Waals surface area contributed by atoms with Crippen molar-refractivity contribution in [3.63, 3.8) is 0 Å². The Kier molecular flexibility index (Phi) is 7.10. The highest BCUT2D eigenvalue weighted by Crippen LogP contribution is 2.21. The summed E-state index contributed by atoms with van der Waals surface area (Å²) < 4.78 is 5.52. The maximum Gasteiger partial charge on any atom is 0.154 e. The van der Waals surface area contributed by atoms with Gasteiger partial charge in [0.2, 0.25) is 0 Å². The van der Waals surface area contributed by atoms with Gasteiger partial charge in [0.25, 0.3) is 0 Å². The van der Waals surface area contributed by atoms with Gasteiger partial charge < -0.3 is 10.1 Å². The van der Waals surface area contributed by atoms with E-state index in [9.17, 15) is 0 Å². The number of ether oxygens (including phenoxy) is 1. The second kappa shape index (κ2) is 8.32. The zero-order valence-electron chi connectivity index (χ0n) is 13.8. The van der Waals surface area contributed by atoms with Crippen molar-refractivity contribution in [3.8, 4) is 0 Å². The highest BCUT2D eigenvalue weighted by molar-refractivity contribution is 5.28. The van der Waals surface area contributed by atoms with E-state index in [0.717, 1.165) is 36.8 Å². The molecule has 1 unspecified atom stereocenters. The summed E-state index contributed by atoms with van der Waals surface area (Å²) in [7, 11) is 0. The molecule has 1 aromatic heterocycles. The maximum absolute atomic E-state index is 5.52. The van der Waals surface area contributed by atoms with Crippen molar-refractivity contribution < 1.29 is 4.74 Å². The number of hydrogen-bond donors (Lipinski definition) is 1. The van der Waals surface area contributed by atoms with Crippen LogP contribution in [0.25, 0.3) is 0 Å². The van der Waals surface area contributed by atoms with E-state index < -0.39 is 0 Å². The van der Waals surface area contributed by atoms with Crippen molar-refractivity contribution in [1.29, 1.82) is 0 Å². The van der Waals surface area contributed by atoms with Crippen molar-refractivity contribution >= 4 is 0 Å². The smallest absolute Gasteiger partial charge is 0.154 e. The van der Waals surface area contributed by atoms with Crippen molar-refractivity contribution in [1.82, 2.24) is 15.3 Å². The predicted octanol–water partition coefficient (Wildman–Crippen LogP) is 3.12. The second-order valence-electron chi connectivity index (χ2n) is 5.74. The molecule has 0 saturated heterocycles. The third kappa shape index (κ3) is 5.17. The molecule has 0 amide bonds. The van der Waals surface area contributed by atoms with Gasteiger partial charge in [0.05, 0.1) is 0 Å². The number of aryl methyl sites for hydroxylation is 2. The lowest BCUT2D eigenvalue weighted by molar-refractivity contribution is 0.115. The molecular weight excluding hydrogens is 250 g/mol. The van der Waals surface area contributed by atoms with Gasteiger partial charge in [-0.2, -0.15) is 0 Å². The topological polar surface area (TPSA) is 47.0 Å². The Morgan fingerprint density at radius 1 is 1.10 bits per heavy atom. The van der Waals surface area contributed by atoms with Crippen LogP contribution in [-0.2, 0) is 11.3 Å². The second-order valence-corrected chi connectivity index (χ2v) is 5.74.